The van der Waals surface area contributed by atoms with Crippen molar-refractivity contribution >= 4 is 11.8 Å². The molecule has 1 aliphatic heterocycles. The normalized spacial score (nSPS) is 18.0. The highest BCUT2D eigenvalue weighted by Crippen LogP contribution is 2.25. The van der Waals surface area contributed by atoms with E-state index in [1.165, 1.54) is 5.56 Å². The zero-order valence-corrected chi connectivity index (χ0v) is 15.2. The summed E-state index contributed by atoms with van der Waals surface area (Å²) in [6.45, 7) is 7.52. The number of nitrogens with zero attached hydrogens (tertiary/aromatic N) is 1. The molecule has 1 saturated heterocycles. The van der Waals surface area contributed by atoms with Gasteiger partial charge in [-0.2, -0.15) is 0 Å². The first-order valence-corrected chi connectivity index (χ1v) is 8.97. The fourth-order valence-corrected chi connectivity index (χ4v) is 3.17. The zero-order valence-electron chi connectivity index (χ0n) is 15.2. The number of hydrogen-bond acceptors (Lipinski definition) is 2. The first kappa shape index (κ1) is 18.5. The number of benzene rings is 1. The lowest BCUT2D eigenvalue weighted by Crippen LogP contribution is -2.42. The van der Waals surface area contributed by atoms with E-state index in [2.05, 4.69) is 38.2 Å². The Kier molecular flexibility index (Phi) is 6.41. The van der Waals surface area contributed by atoms with Crippen molar-refractivity contribution in [2.45, 2.75) is 58.4 Å². The molecule has 1 aromatic rings. The molecule has 1 atom stereocenters. The van der Waals surface area contributed by atoms with Crippen molar-refractivity contribution in [3.63, 3.8) is 0 Å². The lowest BCUT2D eigenvalue weighted by molar-refractivity contribution is -0.131. The van der Waals surface area contributed by atoms with Crippen LogP contribution in [0.15, 0.2) is 30.3 Å². The number of aryl methyl sites for hydroxylation is 1. The van der Waals surface area contributed by atoms with Gasteiger partial charge in [0.05, 0.1) is 0 Å². The van der Waals surface area contributed by atoms with E-state index in [1.54, 1.807) is 0 Å². The van der Waals surface area contributed by atoms with E-state index in [9.17, 15) is 9.59 Å². The van der Waals surface area contributed by atoms with Gasteiger partial charge in [-0.25, -0.2) is 0 Å². The molecule has 0 spiro atoms. The molecule has 4 heteroatoms. The Balaban J connectivity index is 1.61. The van der Waals surface area contributed by atoms with E-state index in [1.807, 2.05) is 23.1 Å². The zero-order chi connectivity index (χ0) is 17.6. The molecule has 0 saturated carbocycles. The second-order valence-corrected chi connectivity index (χ2v) is 7.74. The monoisotopic (exact) mass is 330 g/mol. The summed E-state index contributed by atoms with van der Waals surface area (Å²) in [5.74, 6) is 0.541. The van der Waals surface area contributed by atoms with Crippen LogP contribution in [0.25, 0.3) is 0 Å². The van der Waals surface area contributed by atoms with Gasteiger partial charge in [0.25, 0.3) is 0 Å². The van der Waals surface area contributed by atoms with Gasteiger partial charge in [-0.05, 0) is 45.6 Å². The number of nitrogens with one attached hydrogen (secondary N) is 1. The topological polar surface area (TPSA) is 49.4 Å². The van der Waals surface area contributed by atoms with E-state index in [4.69, 9.17) is 0 Å². The maximum atomic E-state index is 12.0. The highest BCUT2D eigenvalue weighted by atomic mass is 16.2. The van der Waals surface area contributed by atoms with Gasteiger partial charge >= 0.3 is 0 Å². The molecule has 132 valence electrons. The van der Waals surface area contributed by atoms with Crippen LogP contribution in [0, 0.1) is 5.92 Å². The predicted molar refractivity (Wildman–Crippen MR) is 96.6 cm³/mol. The van der Waals surface area contributed by atoms with Crippen LogP contribution in [-0.2, 0) is 16.0 Å². The van der Waals surface area contributed by atoms with Crippen LogP contribution < -0.4 is 5.32 Å². The van der Waals surface area contributed by atoms with E-state index in [0.29, 0.717) is 19.4 Å². The smallest absolute Gasteiger partial charge is 0.223 e. The summed E-state index contributed by atoms with van der Waals surface area (Å²) < 4.78 is 0. The maximum absolute atomic E-state index is 12.0. The molecular formula is C20H30N2O2. The fraction of sp³-hybridized carbons (Fsp3) is 0.600. The molecule has 2 amide bonds. The molecule has 0 aliphatic carbocycles. The number of likely N-dealkylation sites (tertiary alicyclic amines) is 1. The molecule has 1 aliphatic rings. The molecule has 1 heterocycles. The van der Waals surface area contributed by atoms with Crippen molar-refractivity contribution < 1.29 is 9.59 Å². The predicted octanol–water partition coefficient (Wildman–Crippen LogP) is 3.16. The minimum absolute atomic E-state index is 0.102. The summed E-state index contributed by atoms with van der Waals surface area (Å²) in [6, 6.07) is 10.4. The summed E-state index contributed by atoms with van der Waals surface area (Å²) in [5.41, 5.74) is 1.19. The van der Waals surface area contributed by atoms with Gasteiger partial charge in [0.1, 0.15) is 0 Å². The minimum Gasteiger partial charge on any atom is -0.356 e. The van der Waals surface area contributed by atoms with Gasteiger partial charge in [-0.1, -0.05) is 30.3 Å². The van der Waals surface area contributed by atoms with E-state index < -0.39 is 0 Å². The number of amides is 2. The van der Waals surface area contributed by atoms with Gasteiger partial charge in [-0.3, -0.25) is 9.59 Å². The largest absolute Gasteiger partial charge is 0.356 e. The average Bonchev–Trinajstić information content (AvgIpc) is 2.92. The van der Waals surface area contributed by atoms with Crippen molar-refractivity contribution in [1.29, 1.82) is 0 Å². The van der Waals surface area contributed by atoms with Crippen LogP contribution >= 0.6 is 0 Å². The number of hydrogen-bond donors (Lipinski definition) is 1. The van der Waals surface area contributed by atoms with Gasteiger partial charge < -0.3 is 10.2 Å². The number of carbonyl (C=O) groups excluding carboxylic acids is 2. The van der Waals surface area contributed by atoms with Crippen molar-refractivity contribution in [3.8, 4) is 0 Å². The Morgan fingerprint density at radius 2 is 1.92 bits per heavy atom. The van der Waals surface area contributed by atoms with Crippen molar-refractivity contribution in [1.82, 2.24) is 10.2 Å². The van der Waals surface area contributed by atoms with Crippen LogP contribution in [0.3, 0.4) is 0 Å². The second kappa shape index (κ2) is 8.32. The van der Waals surface area contributed by atoms with Crippen LogP contribution in [-0.4, -0.2) is 35.3 Å². The molecule has 4 nitrogen and oxygen atoms in total. The van der Waals surface area contributed by atoms with E-state index in [0.717, 1.165) is 25.8 Å². The van der Waals surface area contributed by atoms with Gasteiger partial charge in [0, 0.05) is 37.4 Å². The Labute approximate surface area is 145 Å². The van der Waals surface area contributed by atoms with Crippen LogP contribution in [0.4, 0.5) is 0 Å². The van der Waals surface area contributed by atoms with Crippen LogP contribution in [0.1, 0.15) is 52.0 Å². The molecule has 1 aromatic carbocycles. The molecule has 24 heavy (non-hydrogen) atoms. The summed E-state index contributed by atoms with van der Waals surface area (Å²) in [5, 5.41) is 3.00. The SMILES string of the molecule is CC(C)(C)N1C[C@@H](CNC(=O)CCCCc2ccccc2)CC1=O. The summed E-state index contributed by atoms with van der Waals surface area (Å²) in [6.07, 6.45) is 4.06. The molecule has 2 rings (SSSR count). The lowest BCUT2D eigenvalue weighted by Gasteiger charge is -2.32. The third kappa shape index (κ3) is 5.66. The summed E-state index contributed by atoms with van der Waals surface area (Å²) in [7, 11) is 0. The van der Waals surface area contributed by atoms with Gasteiger partial charge in [-0.15, -0.1) is 0 Å². The fourth-order valence-electron chi connectivity index (χ4n) is 3.17. The van der Waals surface area contributed by atoms with Crippen molar-refractivity contribution in [2.75, 3.05) is 13.1 Å². The minimum atomic E-state index is -0.132. The quantitative estimate of drug-likeness (QED) is 0.781. The number of rotatable bonds is 7. The molecule has 0 unspecified atom stereocenters. The summed E-state index contributed by atoms with van der Waals surface area (Å²) in [4.78, 5) is 25.9. The first-order valence-electron chi connectivity index (χ1n) is 8.97. The molecular weight excluding hydrogens is 300 g/mol. The molecule has 0 aromatic heterocycles. The van der Waals surface area contributed by atoms with Crippen molar-refractivity contribution in [3.05, 3.63) is 35.9 Å². The number of carbonyl (C=O) groups is 2. The maximum Gasteiger partial charge on any atom is 0.223 e. The van der Waals surface area contributed by atoms with Gasteiger partial charge in [0.2, 0.25) is 11.8 Å². The Bertz CT molecular complexity index is 549. The molecule has 0 radical (unpaired) electrons. The number of unbranched alkanes of at least 4 members (excludes halogenated alkanes) is 1. The van der Waals surface area contributed by atoms with Gasteiger partial charge in [0.15, 0.2) is 0 Å². The highest BCUT2D eigenvalue weighted by Gasteiger charge is 2.35. The average molecular weight is 330 g/mol. The van der Waals surface area contributed by atoms with Crippen LogP contribution in [0.2, 0.25) is 0 Å². The lowest BCUT2D eigenvalue weighted by atomic mass is 10.1. The van der Waals surface area contributed by atoms with E-state index in [-0.39, 0.29) is 23.3 Å². The van der Waals surface area contributed by atoms with Crippen molar-refractivity contribution in [2.24, 2.45) is 5.92 Å². The third-order valence-corrected chi connectivity index (χ3v) is 4.56. The second-order valence-electron chi connectivity index (χ2n) is 7.74. The third-order valence-electron chi connectivity index (χ3n) is 4.56. The summed E-state index contributed by atoms with van der Waals surface area (Å²) >= 11 is 0. The first-order chi connectivity index (χ1) is 11.4. The Morgan fingerprint density at radius 3 is 2.54 bits per heavy atom. The molecule has 1 N–H and O–H groups in total. The highest BCUT2D eigenvalue weighted by molar-refractivity contribution is 5.80. The van der Waals surface area contributed by atoms with Crippen LogP contribution in [0.5, 0.6) is 0 Å². The Morgan fingerprint density at radius 1 is 1.21 bits per heavy atom. The molecule has 0 bridgehead atoms. The van der Waals surface area contributed by atoms with E-state index >= 15 is 0 Å². The standard InChI is InChI=1S/C20H30N2O2/c1-20(2,3)22-15-17(13-19(22)24)14-21-18(23)12-8-7-11-16-9-5-4-6-10-16/h4-6,9-10,17H,7-8,11-15H2,1-3H3,(H,21,23)/t17-/m1/s1. The Hall–Kier alpha value is -1.84. The molecule has 1 fully saturated rings.